The van der Waals surface area contributed by atoms with Crippen LogP contribution < -0.4 is 5.32 Å². The Morgan fingerprint density at radius 1 is 1.47 bits per heavy atom. The molecule has 1 heterocycles. The molecule has 0 saturated heterocycles. The van der Waals surface area contributed by atoms with E-state index < -0.39 is 0 Å². The molecule has 17 heavy (non-hydrogen) atoms. The van der Waals surface area contributed by atoms with E-state index in [0.29, 0.717) is 6.61 Å². The quantitative estimate of drug-likeness (QED) is 0.787. The van der Waals surface area contributed by atoms with Crippen LogP contribution in [-0.4, -0.2) is 33.7 Å². The summed E-state index contributed by atoms with van der Waals surface area (Å²) < 4.78 is 7.75. The van der Waals surface area contributed by atoms with E-state index in [1.165, 1.54) is 0 Å². The van der Waals surface area contributed by atoms with Crippen molar-refractivity contribution >= 4 is 0 Å². The van der Waals surface area contributed by atoms with Gasteiger partial charge in [0.05, 0.1) is 23.5 Å². The zero-order valence-electron chi connectivity index (χ0n) is 11.5. The van der Waals surface area contributed by atoms with Crippen molar-refractivity contribution in [2.75, 3.05) is 13.2 Å². The number of hydrogen-bond donors (Lipinski definition) is 1. The number of aryl methyl sites for hydroxylation is 1. The number of hydrogen-bond acceptors (Lipinski definition) is 4. The van der Waals surface area contributed by atoms with Crippen LogP contribution >= 0.6 is 0 Å². The second-order valence-corrected chi connectivity index (χ2v) is 4.37. The Labute approximate surface area is 104 Å². The van der Waals surface area contributed by atoms with Gasteiger partial charge >= 0.3 is 0 Å². The molecule has 0 bridgehead atoms. The molecule has 0 aliphatic rings. The number of likely N-dealkylation sites (N-methyl/N-ethyl adjacent to an activating group) is 1. The van der Waals surface area contributed by atoms with Crippen LogP contribution in [0.3, 0.4) is 0 Å². The standard InChI is InChI=1S/C12H24N4O/c1-6-12(4,17-8-3)11(13-7-2)10-9-14-15-16(10)5/h9,11,13H,6-8H2,1-5H3. The summed E-state index contributed by atoms with van der Waals surface area (Å²) in [7, 11) is 1.91. The first kappa shape index (κ1) is 14.1. The third-order valence-corrected chi connectivity index (χ3v) is 3.24. The summed E-state index contributed by atoms with van der Waals surface area (Å²) in [5, 5.41) is 11.4. The van der Waals surface area contributed by atoms with Crippen molar-refractivity contribution in [3.8, 4) is 0 Å². The molecular formula is C12H24N4O. The van der Waals surface area contributed by atoms with Gasteiger partial charge in [0.15, 0.2) is 0 Å². The molecule has 2 unspecified atom stereocenters. The number of nitrogens with one attached hydrogen (secondary N) is 1. The van der Waals surface area contributed by atoms with Gasteiger partial charge in [0, 0.05) is 13.7 Å². The Hall–Kier alpha value is -0.940. The van der Waals surface area contributed by atoms with Gasteiger partial charge in [0.2, 0.25) is 0 Å². The maximum atomic E-state index is 5.94. The molecule has 5 nitrogen and oxygen atoms in total. The zero-order valence-corrected chi connectivity index (χ0v) is 11.5. The zero-order chi connectivity index (χ0) is 12.9. The fourth-order valence-corrected chi connectivity index (χ4v) is 2.12. The fraction of sp³-hybridized carbons (Fsp3) is 0.833. The summed E-state index contributed by atoms with van der Waals surface area (Å²) in [4.78, 5) is 0. The molecule has 0 aliphatic heterocycles. The largest absolute Gasteiger partial charge is 0.374 e. The molecule has 1 N–H and O–H groups in total. The second kappa shape index (κ2) is 6.12. The van der Waals surface area contributed by atoms with E-state index in [-0.39, 0.29) is 11.6 Å². The molecule has 5 heteroatoms. The maximum absolute atomic E-state index is 5.94. The summed E-state index contributed by atoms with van der Waals surface area (Å²) in [6.07, 6.45) is 2.74. The molecule has 0 aliphatic carbocycles. The van der Waals surface area contributed by atoms with Crippen LogP contribution in [0.4, 0.5) is 0 Å². The molecule has 0 radical (unpaired) electrons. The van der Waals surface area contributed by atoms with E-state index in [9.17, 15) is 0 Å². The van der Waals surface area contributed by atoms with Crippen LogP contribution in [-0.2, 0) is 11.8 Å². The third kappa shape index (κ3) is 3.04. The van der Waals surface area contributed by atoms with Gasteiger partial charge in [-0.2, -0.15) is 0 Å². The van der Waals surface area contributed by atoms with Gasteiger partial charge in [0.1, 0.15) is 0 Å². The van der Waals surface area contributed by atoms with Gasteiger partial charge < -0.3 is 10.1 Å². The SMILES string of the molecule is CCNC(c1cnnn1C)C(C)(CC)OCC. The van der Waals surface area contributed by atoms with Crippen LogP contribution in [0, 0.1) is 0 Å². The summed E-state index contributed by atoms with van der Waals surface area (Å²) >= 11 is 0. The summed E-state index contributed by atoms with van der Waals surface area (Å²) in [6.45, 7) is 9.99. The average molecular weight is 240 g/mol. The fourth-order valence-electron chi connectivity index (χ4n) is 2.12. The highest BCUT2D eigenvalue weighted by Crippen LogP contribution is 2.31. The minimum Gasteiger partial charge on any atom is -0.374 e. The van der Waals surface area contributed by atoms with Crippen molar-refractivity contribution < 1.29 is 4.74 Å². The van der Waals surface area contributed by atoms with Crippen molar-refractivity contribution in [2.45, 2.75) is 45.8 Å². The summed E-state index contributed by atoms with van der Waals surface area (Å²) in [6, 6.07) is 0.109. The van der Waals surface area contributed by atoms with E-state index in [0.717, 1.165) is 18.7 Å². The van der Waals surface area contributed by atoms with E-state index in [4.69, 9.17) is 4.74 Å². The predicted molar refractivity (Wildman–Crippen MR) is 67.7 cm³/mol. The van der Waals surface area contributed by atoms with Crippen LogP contribution in [0.1, 0.15) is 45.9 Å². The lowest BCUT2D eigenvalue weighted by molar-refractivity contribution is -0.0577. The van der Waals surface area contributed by atoms with Gasteiger partial charge in [-0.3, -0.25) is 4.68 Å². The first-order valence-corrected chi connectivity index (χ1v) is 6.30. The Bertz CT molecular complexity index is 339. The van der Waals surface area contributed by atoms with Crippen LogP contribution in [0.2, 0.25) is 0 Å². The predicted octanol–water partition coefficient (Wildman–Crippen LogP) is 1.67. The number of nitrogens with zero attached hydrogens (tertiary/aromatic N) is 3. The smallest absolute Gasteiger partial charge is 0.0861 e. The number of ether oxygens (including phenoxy) is 1. The summed E-state index contributed by atoms with van der Waals surface area (Å²) in [5.74, 6) is 0. The third-order valence-electron chi connectivity index (χ3n) is 3.24. The molecule has 0 aromatic carbocycles. The van der Waals surface area contributed by atoms with Gasteiger partial charge in [-0.05, 0) is 26.8 Å². The first-order valence-electron chi connectivity index (χ1n) is 6.30. The van der Waals surface area contributed by atoms with Gasteiger partial charge in [-0.1, -0.05) is 19.1 Å². The number of aromatic nitrogens is 3. The van der Waals surface area contributed by atoms with Crippen molar-refractivity contribution in [3.63, 3.8) is 0 Å². The lowest BCUT2D eigenvalue weighted by Gasteiger charge is -2.37. The van der Waals surface area contributed by atoms with Crippen LogP contribution in [0.15, 0.2) is 6.20 Å². The van der Waals surface area contributed by atoms with Crippen molar-refractivity contribution in [1.82, 2.24) is 20.3 Å². The molecule has 98 valence electrons. The van der Waals surface area contributed by atoms with Gasteiger partial charge in [0.25, 0.3) is 0 Å². The van der Waals surface area contributed by atoms with E-state index in [1.807, 2.05) is 14.0 Å². The molecule has 0 spiro atoms. The molecule has 1 aromatic rings. The highest BCUT2D eigenvalue weighted by atomic mass is 16.5. The van der Waals surface area contributed by atoms with Crippen LogP contribution in [0.25, 0.3) is 0 Å². The Morgan fingerprint density at radius 2 is 2.18 bits per heavy atom. The second-order valence-electron chi connectivity index (χ2n) is 4.37. The first-order chi connectivity index (χ1) is 8.09. The molecular weight excluding hydrogens is 216 g/mol. The normalized spacial score (nSPS) is 16.8. The summed E-state index contributed by atoms with van der Waals surface area (Å²) in [5.41, 5.74) is 0.824. The lowest BCUT2D eigenvalue weighted by atomic mass is 9.90. The Balaban J connectivity index is 3.03. The molecule has 0 fully saturated rings. The maximum Gasteiger partial charge on any atom is 0.0861 e. The number of rotatable bonds is 7. The van der Waals surface area contributed by atoms with E-state index in [1.54, 1.807) is 10.9 Å². The van der Waals surface area contributed by atoms with Gasteiger partial charge in [-0.25, -0.2) is 0 Å². The molecule has 0 amide bonds. The topological polar surface area (TPSA) is 52.0 Å². The average Bonchev–Trinajstić information content (AvgIpc) is 2.72. The monoisotopic (exact) mass is 240 g/mol. The van der Waals surface area contributed by atoms with Crippen molar-refractivity contribution in [3.05, 3.63) is 11.9 Å². The minimum atomic E-state index is -0.236. The molecule has 1 rings (SSSR count). The van der Waals surface area contributed by atoms with E-state index in [2.05, 4.69) is 36.4 Å². The lowest BCUT2D eigenvalue weighted by Crippen LogP contribution is -2.44. The highest BCUT2D eigenvalue weighted by Gasteiger charge is 2.35. The minimum absolute atomic E-state index is 0.109. The van der Waals surface area contributed by atoms with Crippen molar-refractivity contribution in [1.29, 1.82) is 0 Å². The van der Waals surface area contributed by atoms with Crippen molar-refractivity contribution in [2.24, 2.45) is 7.05 Å². The molecule has 2 atom stereocenters. The molecule has 0 saturated carbocycles. The molecule has 1 aromatic heterocycles. The Kier molecular flexibility index (Phi) is 5.08. The van der Waals surface area contributed by atoms with Gasteiger partial charge in [-0.15, -0.1) is 5.10 Å². The van der Waals surface area contributed by atoms with E-state index >= 15 is 0 Å². The van der Waals surface area contributed by atoms with Crippen LogP contribution in [0.5, 0.6) is 0 Å². The Morgan fingerprint density at radius 3 is 2.59 bits per heavy atom. The highest BCUT2D eigenvalue weighted by molar-refractivity contribution is 5.09.